The standard InChI is InChI=1S/C24H25N3O/c28-24(27-23-17-6-14-5-15(8-17)9-18(23)7-14)22-11-20(13-26-22)19-10-16-3-1-2-4-21(16)25-12-19/h1-4,10-15,17-18,23,26H,5-9H2,(H,27,28). The Balaban J connectivity index is 1.22. The fourth-order valence-electron chi connectivity index (χ4n) is 6.31. The average Bonchev–Trinajstić information content (AvgIpc) is 3.20. The molecule has 0 aliphatic heterocycles. The maximum Gasteiger partial charge on any atom is 0.267 e. The van der Waals surface area contributed by atoms with Crippen molar-refractivity contribution in [2.45, 2.75) is 38.1 Å². The van der Waals surface area contributed by atoms with Crippen molar-refractivity contribution in [3.8, 4) is 11.1 Å². The lowest BCUT2D eigenvalue weighted by Crippen LogP contribution is -2.55. The van der Waals surface area contributed by atoms with Crippen LogP contribution in [0.3, 0.4) is 0 Å². The summed E-state index contributed by atoms with van der Waals surface area (Å²) in [6.45, 7) is 0. The highest BCUT2D eigenvalue weighted by Gasteiger charge is 2.48. The zero-order valence-electron chi connectivity index (χ0n) is 15.9. The molecule has 2 N–H and O–H groups in total. The molecule has 4 aliphatic carbocycles. The number of amides is 1. The van der Waals surface area contributed by atoms with Crippen molar-refractivity contribution in [3.63, 3.8) is 0 Å². The molecule has 1 amide bonds. The lowest BCUT2D eigenvalue weighted by molar-refractivity contribution is -0.0120. The summed E-state index contributed by atoms with van der Waals surface area (Å²) in [5.74, 6) is 3.28. The smallest absolute Gasteiger partial charge is 0.267 e. The zero-order chi connectivity index (χ0) is 18.7. The molecule has 0 radical (unpaired) electrons. The molecule has 0 unspecified atom stereocenters. The average molecular weight is 371 g/mol. The van der Waals surface area contributed by atoms with Gasteiger partial charge in [-0.3, -0.25) is 9.78 Å². The molecule has 0 spiro atoms. The fraction of sp³-hybridized carbons (Fsp3) is 0.417. The highest BCUT2D eigenvalue weighted by molar-refractivity contribution is 5.94. The Morgan fingerprint density at radius 1 is 0.964 bits per heavy atom. The molecule has 4 nitrogen and oxygen atoms in total. The van der Waals surface area contributed by atoms with E-state index in [1.807, 2.05) is 36.7 Å². The van der Waals surface area contributed by atoms with Crippen molar-refractivity contribution >= 4 is 16.8 Å². The number of nitrogens with one attached hydrogen (secondary N) is 2. The van der Waals surface area contributed by atoms with Crippen molar-refractivity contribution in [2.75, 3.05) is 0 Å². The predicted octanol–water partition coefficient (Wildman–Crippen LogP) is 4.78. The largest absolute Gasteiger partial charge is 0.357 e. The maximum atomic E-state index is 12.9. The number of benzene rings is 1. The van der Waals surface area contributed by atoms with E-state index < -0.39 is 0 Å². The summed E-state index contributed by atoms with van der Waals surface area (Å²) >= 11 is 0. The van der Waals surface area contributed by atoms with Gasteiger partial charge in [0, 0.05) is 34.9 Å². The van der Waals surface area contributed by atoms with E-state index in [1.165, 1.54) is 32.1 Å². The highest BCUT2D eigenvalue weighted by atomic mass is 16.1. The number of aromatic nitrogens is 2. The SMILES string of the molecule is O=C(NC1C2CC3CC(C2)CC1C3)c1cc(-c2cnc3ccccc3c2)c[nH]1. The molecular formula is C24H25N3O. The van der Waals surface area contributed by atoms with Crippen molar-refractivity contribution < 1.29 is 4.79 Å². The Morgan fingerprint density at radius 2 is 1.71 bits per heavy atom. The lowest BCUT2D eigenvalue weighted by Gasteiger charge is -2.54. The van der Waals surface area contributed by atoms with Gasteiger partial charge in [0.1, 0.15) is 5.69 Å². The number of aromatic amines is 1. The molecule has 2 heterocycles. The van der Waals surface area contributed by atoms with Gasteiger partial charge in [-0.15, -0.1) is 0 Å². The third kappa shape index (κ3) is 2.66. The van der Waals surface area contributed by atoms with Crippen LogP contribution in [0.5, 0.6) is 0 Å². The molecule has 4 fully saturated rings. The Kier molecular flexibility index (Phi) is 3.62. The van der Waals surface area contributed by atoms with E-state index in [-0.39, 0.29) is 5.91 Å². The molecule has 3 aromatic rings. The molecule has 0 saturated heterocycles. The molecule has 2 aromatic heterocycles. The number of hydrogen-bond acceptors (Lipinski definition) is 2. The van der Waals surface area contributed by atoms with Gasteiger partial charge in [0.25, 0.3) is 5.91 Å². The van der Waals surface area contributed by atoms with Crippen LogP contribution >= 0.6 is 0 Å². The van der Waals surface area contributed by atoms with Crippen LogP contribution in [0, 0.1) is 23.7 Å². The van der Waals surface area contributed by atoms with Gasteiger partial charge in [-0.25, -0.2) is 0 Å². The van der Waals surface area contributed by atoms with Gasteiger partial charge in [-0.1, -0.05) is 18.2 Å². The van der Waals surface area contributed by atoms with Crippen LogP contribution in [-0.4, -0.2) is 21.9 Å². The van der Waals surface area contributed by atoms with Gasteiger partial charge in [0.05, 0.1) is 5.52 Å². The number of para-hydroxylation sites is 1. The Labute approximate surface area is 164 Å². The lowest BCUT2D eigenvalue weighted by atomic mass is 9.54. The van der Waals surface area contributed by atoms with Crippen LogP contribution in [0.1, 0.15) is 42.6 Å². The molecule has 4 heteroatoms. The Hall–Kier alpha value is -2.62. The van der Waals surface area contributed by atoms with Crippen molar-refractivity contribution in [1.29, 1.82) is 0 Å². The first-order valence-electron chi connectivity index (χ1n) is 10.6. The van der Waals surface area contributed by atoms with Crippen LogP contribution in [0.25, 0.3) is 22.0 Å². The molecule has 4 aliphatic rings. The minimum absolute atomic E-state index is 0.0393. The van der Waals surface area contributed by atoms with E-state index >= 15 is 0 Å². The summed E-state index contributed by atoms with van der Waals surface area (Å²) in [7, 11) is 0. The first kappa shape index (κ1) is 16.3. The van der Waals surface area contributed by atoms with Crippen molar-refractivity contribution in [3.05, 3.63) is 54.5 Å². The minimum Gasteiger partial charge on any atom is -0.357 e. The van der Waals surface area contributed by atoms with Gasteiger partial charge < -0.3 is 10.3 Å². The number of fused-ring (bicyclic) bond motifs is 1. The van der Waals surface area contributed by atoms with E-state index in [2.05, 4.69) is 27.4 Å². The Morgan fingerprint density at radius 3 is 2.50 bits per heavy atom. The van der Waals surface area contributed by atoms with Gasteiger partial charge in [0.2, 0.25) is 0 Å². The monoisotopic (exact) mass is 371 g/mol. The van der Waals surface area contributed by atoms with Crippen LogP contribution in [0.4, 0.5) is 0 Å². The summed E-state index contributed by atoms with van der Waals surface area (Å²) in [4.78, 5) is 20.7. The molecular weight excluding hydrogens is 346 g/mol. The number of pyridine rings is 1. The molecule has 4 saturated carbocycles. The Bertz CT molecular complexity index is 1020. The zero-order valence-corrected chi connectivity index (χ0v) is 15.9. The highest BCUT2D eigenvalue weighted by Crippen LogP contribution is 2.53. The minimum atomic E-state index is 0.0393. The maximum absolute atomic E-state index is 12.9. The summed E-state index contributed by atoms with van der Waals surface area (Å²) in [6, 6.07) is 12.6. The van der Waals surface area contributed by atoms with E-state index in [1.54, 1.807) is 0 Å². The summed E-state index contributed by atoms with van der Waals surface area (Å²) in [5.41, 5.74) is 3.68. The molecule has 1 aromatic carbocycles. The predicted molar refractivity (Wildman–Crippen MR) is 110 cm³/mol. The molecule has 0 atom stereocenters. The van der Waals surface area contributed by atoms with E-state index in [4.69, 9.17) is 0 Å². The second-order valence-corrected chi connectivity index (χ2v) is 9.15. The first-order valence-corrected chi connectivity index (χ1v) is 10.6. The normalized spacial score (nSPS) is 30.6. The molecule has 142 valence electrons. The van der Waals surface area contributed by atoms with Gasteiger partial charge in [-0.05, 0) is 74.0 Å². The van der Waals surface area contributed by atoms with Gasteiger partial charge in [-0.2, -0.15) is 0 Å². The van der Waals surface area contributed by atoms with E-state index in [9.17, 15) is 4.79 Å². The van der Waals surface area contributed by atoms with Crippen LogP contribution < -0.4 is 5.32 Å². The molecule has 7 rings (SSSR count). The van der Waals surface area contributed by atoms with Crippen molar-refractivity contribution in [1.82, 2.24) is 15.3 Å². The molecule has 28 heavy (non-hydrogen) atoms. The number of nitrogens with zero attached hydrogens (tertiary/aromatic N) is 1. The summed E-state index contributed by atoms with van der Waals surface area (Å²) in [6.07, 6.45) is 10.5. The van der Waals surface area contributed by atoms with E-state index in [0.717, 1.165) is 33.9 Å². The fourth-order valence-corrected chi connectivity index (χ4v) is 6.31. The number of rotatable bonds is 3. The first-order chi connectivity index (χ1) is 13.7. The van der Waals surface area contributed by atoms with Crippen LogP contribution in [0.15, 0.2) is 48.8 Å². The van der Waals surface area contributed by atoms with Crippen molar-refractivity contribution in [2.24, 2.45) is 23.7 Å². The van der Waals surface area contributed by atoms with Gasteiger partial charge in [0.15, 0.2) is 0 Å². The van der Waals surface area contributed by atoms with E-state index in [0.29, 0.717) is 23.6 Å². The second kappa shape index (κ2) is 6.20. The third-order valence-electron chi connectivity index (χ3n) is 7.38. The number of H-pyrrole nitrogens is 1. The van der Waals surface area contributed by atoms with Crippen LogP contribution in [-0.2, 0) is 0 Å². The number of carbonyl (C=O) groups is 1. The topological polar surface area (TPSA) is 57.8 Å². The number of hydrogen-bond donors (Lipinski definition) is 2. The summed E-state index contributed by atoms with van der Waals surface area (Å²) < 4.78 is 0. The van der Waals surface area contributed by atoms with Gasteiger partial charge >= 0.3 is 0 Å². The molecule has 4 bridgehead atoms. The van der Waals surface area contributed by atoms with Crippen LogP contribution in [0.2, 0.25) is 0 Å². The third-order valence-corrected chi connectivity index (χ3v) is 7.38. The summed E-state index contributed by atoms with van der Waals surface area (Å²) in [5, 5.41) is 4.50. The number of carbonyl (C=O) groups excluding carboxylic acids is 1. The quantitative estimate of drug-likeness (QED) is 0.696. The second-order valence-electron chi connectivity index (χ2n) is 9.15.